The van der Waals surface area contributed by atoms with Gasteiger partial charge >= 0.3 is 6.03 Å². The van der Waals surface area contributed by atoms with Crippen LogP contribution < -0.4 is 5.32 Å². The van der Waals surface area contributed by atoms with Gasteiger partial charge in [-0.15, -0.1) is 0 Å². The van der Waals surface area contributed by atoms with Crippen LogP contribution in [0.3, 0.4) is 0 Å². The number of furan rings is 1. The molecular formula is C19H17BrN2O2. The highest BCUT2D eigenvalue weighted by atomic mass is 79.9. The number of nitrogens with zero attached hydrogens (tertiary/aromatic N) is 1. The Labute approximate surface area is 149 Å². The van der Waals surface area contributed by atoms with E-state index in [-0.39, 0.29) is 6.03 Å². The molecule has 4 nitrogen and oxygen atoms in total. The Morgan fingerprint density at radius 1 is 0.875 bits per heavy atom. The van der Waals surface area contributed by atoms with Crippen LogP contribution in [-0.2, 0) is 13.1 Å². The molecule has 0 aliphatic carbocycles. The predicted octanol–water partition coefficient (Wildman–Crippen LogP) is 5.28. The van der Waals surface area contributed by atoms with Crippen LogP contribution in [0, 0.1) is 0 Å². The number of hydrogen-bond donors (Lipinski definition) is 1. The Bertz CT molecular complexity index is 746. The molecule has 0 atom stereocenters. The maximum Gasteiger partial charge on any atom is 0.324 e. The molecule has 0 saturated carbocycles. The number of amides is 2. The molecule has 0 bridgehead atoms. The summed E-state index contributed by atoms with van der Waals surface area (Å²) in [5.74, 6) is 0.415. The van der Waals surface area contributed by atoms with Crippen molar-refractivity contribution in [2.45, 2.75) is 13.1 Å². The van der Waals surface area contributed by atoms with Crippen molar-refractivity contribution in [2.24, 2.45) is 0 Å². The predicted molar refractivity (Wildman–Crippen MR) is 97.6 cm³/mol. The van der Waals surface area contributed by atoms with Crippen molar-refractivity contribution in [3.05, 3.63) is 88.6 Å². The summed E-state index contributed by atoms with van der Waals surface area (Å²) in [4.78, 5) is 14.4. The molecule has 0 radical (unpaired) electrons. The van der Waals surface area contributed by atoms with Gasteiger partial charge in [0, 0.05) is 19.2 Å². The number of hydrogen-bond acceptors (Lipinski definition) is 2. The molecule has 1 heterocycles. The first-order chi connectivity index (χ1) is 11.7. The number of halogens is 1. The minimum atomic E-state index is -0.204. The van der Waals surface area contributed by atoms with Gasteiger partial charge in [-0.05, 0) is 33.1 Å². The van der Waals surface area contributed by atoms with E-state index >= 15 is 0 Å². The third kappa shape index (κ3) is 4.49. The van der Waals surface area contributed by atoms with E-state index in [0.29, 0.717) is 23.6 Å². The summed E-state index contributed by atoms with van der Waals surface area (Å²) in [7, 11) is 0. The fourth-order valence-electron chi connectivity index (χ4n) is 2.37. The zero-order valence-corrected chi connectivity index (χ0v) is 14.6. The Morgan fingerprint density at radius 2 is 1.42 bits per heavy atom. The Kier molecular flexibility index (Phi) is 5.33. The third-order valence-corrected chi connectivity index (χ3v) is 3.95. The maximum absolute atomic E-state index is 12.7. The van der Waals surface area contributed by atoms with Crippen molar-refractivity contribution in [1.82, 2.24) is 4.90 Å². The van der Waals surface area contributed by atoms with E-state index in [4.69, 9.17) is 4.42 Å². The topological polar surface area (TPSA) is 45.5 Å². The molecule has 5 heteroatoms. The van der Waals surface area contributed by atoms with Gasteiger partial charge in [0.15, 0.2) is 4.67 Å². The smallest absolute Gasteiger partial charge is 0.324 e. The molecule has 0 unspecified atom stereocenters. The van der Waals surface area contributed by atoms with Gasteiger partial charge in [0.1, 0.15) is 0 Å². The molecule has 0 aliphatic heterocycles. The van der Waals surface area contributed by atoms with Crippen molar-refractivity contribution >= 4 is 27.8 Å². The van der Waals surface area contributed by atoms with Crippen molar-refractivity contribution in [3.63, 3.8) is 0 Å². The number of rotatable bonds is 5. The lowest BCUT2D eigenvalue weighted by Gasteiger charge is -2.23. The lowest BCUT2D eigenvalue weighted by Crippen LogP contribution is -2.33. The lowest BCUT2D eigenvalue weighted by atomic mass is 10.2. The van der Waals surface area contributed by atoms with Gasteiger partial charge in [-0.1, -0.05) is 60.7 Å². The summed E-state index contributed by atoms with van der Waals surface area (Å²) in [6.45, 7) is 1.03. The van der Waals surface area contributed by atoms with E-state index < -0.39 is 0 Å². The van der Waals surface area contributed by atoms with E-state index in [1.807, 2.05) is 60.7 Å². The van der Waals surface area contributed by atoms with Crippen LogP contribution in [0.2, 0.25) is 0 Å². The van der Waals surface area contributed by atoms with E-state index in [1.165, 1.54) is 0 Å². The van der Waals surface area contributed by atoms with E-state index in [1.54, 1.807) is 17.0 Å². The number of carbonyl (C=O) groups excluding carboxylic acids is 1. The second-order valence-corrected chi connectivity index (χ2v) is 6.14. The minimum absolute atomic E-state index is 0.204. The van der Waals surface area contributed by atoms with Crippen LogP contribution >= 0.6 is 15.9 Å². The second kappa shape index (κ2) is 7.84. The van der Waals surface area contributed by atoms with Crippen molar-refractivity contribution in [1.29, 1.82) is 0 Å². The van der Waals surface area contributed by atoms with E-state index in [9.17, 15) is 4.79 Å². The summed E-state index contributed by atoms with van der Waals surface area (Å²) in [6.07, 6.45) is 0. The number of anilines is 1. The SMILES string of the molecule is O=C(Nc1ccc(Br)o1)N(Cc1ccccc1)Cc1ccccc1. The molecule has 2 aromatic carbocycles. The molecule has 122 valence electrons. The molecule has 0 saturated heterocycles. The fraction of sp³-hybridized carbons (Fsp3) is 0.105. The van der Waals surface area contributed by atoms with Gasteiger partial charge in [-0.25, -0.2) is 4.79 Å². The number of benzene rings is 2. The molecule has 1 aromatic heterocycles. The van der Waals surface area contributed by atoms with Gasteiger partial charge in [-0.3, -0.25) is 5.32 Å². The van der Waals surface area contributed by atoms with E-state index in [0.717, 1.165) is 11.1 Å². The van der Waals surface area contributed by atoms with Crippen LogP contribution in [0.5, 0.6) is 0 Å². The monoisotopic (exact) mass is 384 g/mol. The average molecular weight is 385 g/mol. The van der Waals surface area contributed by atoms with E-state index in [2.05, 4.69) is 21.2 Å². The largest absolute Gasteiger partial charge is 0.434 e. The van der Waals surface area contributed by atoms with Gasteiger partial charge in [-0.2, -0.15) is 0 Å². The van der Waals surface area contributed by atoms with Gasteiger partial charge < -0.3 is 9.32 Å². The standard InChI is InChI=1S/C19H17BrN2O2/c20-17-11-12-18(24-17)21-19(23)22(13-15-7-3-1-4-8-15)14-16-9-5-2-6-10-16/h1-12H,13-14H2,(H,21,23). The Balaban J connectivity index is 1.76. The van der Waals surface area contributed by atoms with Gasteiger partial charge in [0.2, 0.25) is 5.88 Å². The van der Waals surface area contributed by atoms with Crippen LogP contribution in [0.4, 0.5) is 10.7 Å². The summed E-state index contributed by atoms with van der Waals surface area (Å²) >= 11 is 3.24. The Hall–Kier alpha value is -2.53. The van der Waals surface area contributed by atoms with Crippen LogP contribution in [0.1, 0.15) is 11.1 Å². The second-order valence-electron chi connectivity index (χ2n) is 5.36. The van der Waals surface area contributed by atoms with Crippen molar-refractivity contribution < 1.29 is 9.21 Å². The summed E-state index contributed by atoms with van der Waals surface area (Å²) in [6, 6.07) is 23.1. The Morgan fingerprint density at radius 3 is 1.88 bits per heavy atom. The molecule has 2 amide bonds. The van der Waals surface area contributed by atoms with Gasteiger partial charge in [0.25, 0.3) is 0 Å². The average Bonchev–Trinajstić information content (AvgIpc) is 3.01. The molecule has 3 aromatic rings. The van der Waals surface area contributed by atoms with Crippen molar-refractivity contribution in [2.75, 3.05) is 5.32 Å². The van der Waals surface area contributed by atoms with Crippen LogP contribution in [0.15, 0.2) is 81.9 Å². The van der Waals surface area contributed by atoms with Gasteiger partial charge in [0.05, 0.1) is 0 Å². The van der Waals surface area contributed by atoms with Crippen LogP contribution in [-0.4, -0.2) is 10.9 Å². The molecule has 0 spiro atoms. The zero-order chi connectivity index (χ0) is 16.8. The highest BCUT2D eigenvalue weighted by Gasteiger charge is 2.16. The summed E-state index contributed by atoms with van der Waals surface area (Å²) < 4.78 is 5.94. The van der Waals surface area contributed by atoms with Crippen LogP contribution in [0.25, 0.3) is 0 Å². The minimum Gasteiger partial charge on any atom is -0.434 e. The first-order valence-corrected chi connectivity index (χ1v) is 8.39. The fourth-order valence-corrected chi connectivity index (χ4v) is 2.68. The number of carbonyl (C=O) groups is 1. The van der Waals surface area contributed by atoms with Crippen molar-refractivity contribution in [3.8, 4) is 0 Å². The zero-order valence-electron chi connectivity index (χ0n) is 13.0. The molecule has 3 rings (SSSR count). The first kappa shape index (κ1) is 16.3. The molecule has 0 fully saturated rings. The summed E-state index contributed by atoms with van der Waals surface area (Å²) in [5, 5.41) is 2.79. The normalized spacial score (nSPS) is 10.4. The maximum atomic E-state index is 12.7. The lowest BCUT2D eigenvalue weighted by molar-refractivity contribution is 0.206. The third-order valence-electron chi connectivity index (χ3n) is 3.52. The molecule has 24 heavy (non-hydrogen) atoms. The quantitative estimate of drug-likeness (QED) is 0.650. The highest BCUT2D eigenvalue weighted by molar-refractivity contribution is 9.10. The molecule has 1 N–H and O–H groups in total. The first-order valence-electron chi connectivity index (χ1n) is 7.60. The number of nitrogens with one attached hydrogen (secondary N) is 1. The summed E-state index contributed by atoms with van der Waals surface area (Å²) in [5.41, 5.74) is 2.15. The molecule has 0 aliphatic rings. The molecular weight excluding hydrogens is 368 g/mol. The highest BCUT2D eigenvalue weighted by Crippen LogP contribution is 2.19. The number of urea groups is 1.